The van der Waals surface area contributed by atoms with Gasteiger partial charge in [-0.3, -0.25) is 15.4 Å². The van der Waals surface area contributed by atoms with Gasteiger partial charge in [-0.2, -0.15) is 0 Å². The van der Waals surface area contributed by atoms with Crippen LogP contribution in [0.4, 0.5) is 0 Å². The number of hydrogen-bond acceptors (Lipinski definition) is 6. The fraction of sp³-hybridized carbons (Fsp3) is 0.818. The maximum atomic E-state index is 11.6. The van der Waals surface area contributed by atoms with Crippen LogP contribution in [0.2, 0.25) is 0 Å². The van der Waals surface area contributed by atoms with Crippen LogP contribution in [-0.2, 0) is 19.1 Å². The van der Waals surface area contributed by atoms with Crippen LogP contribution in [0.15, 0.2) is 0 Å². The lowest BCUT2D eigenvalue weighted by Crippen LogP contribution is -2.38. The molecule has 0 rings (SSSR count). The third-order valence-corrected chi connectivity index (χ3v) is 1.63. The van der Waals surface area contributed by atoms with Gasteiger partial charge in [0.05, 0.1) is 6.42 Å². The van der Waals surface area contributed by atoms with Gasteiger partial charge in [0.1, 0.15) is 17.7 Å². The van der Waals surface area contributed by atoms with Crippen molar-refractivity contribution in [2.24, 2.45) is 5.84 Å². The number of nitrogens with two attached hydrogens (primary N) is 1. The molecule has 0 aromatic heterocycles. The third kappa shape index (κ3) is 8.65. The number of hydrogen-bond donors (Lipinski definition) is 2. The molecular formula is C11H22N2O4. The van der Waals surface area contributed by atoms with Crippen molar-refractivity contribution in [1.29, 1.82) is 0 Å². The van der Waals surface area contributed by atoms with Crippen LogP contribution >= 0.6 is 0 Å². The van der Waals surface area contributed by atoms with E-state index >= 15 is 0 Å². The molecule has 0 aliphatic carbocycles. The monoisotopic (exact) mass is 246 g/mol. The summed E-state index contributed by atoms with van der Waals surface area (Å²) < 4.78 is 10.2. The van der Waals surface area contributed by atoms with E-state index in [-0.39, 0.29) is 13.0 Å². The summed E-state index contributed by atoms with van der Waals surface area (Å²) in [5.74, 6) is 4.07. The summed E-state index contributed by atoms with van der Waals surface area (Å²) in [5.41, 5.74) is 0.739. The molecule has 0 aliphatic rings. The Morgan fingerprint density at radius 3 is 2.00 bits per heavy atom. The van der Waals surface area contributed by atoms with E-state index in [0.29, 0.717) is 0 Å². The predicted molar refractivity (Wildman–Crippen MR) is 62.8 cm³/mol. The lowest BCUT2D eigenvalue weighted by molar-refractivity contribution is -0.167. The molecule has 0 unspecified atom stereocenters. The second kappa shape index (κ2) is 5.97. The smallest absolute Gasteiger partial charge is 0.321 e. The van der Waals surface area contributed by atoms with Crippen molar-refractivity contribution in [2.75, 3.05) is 6.54 Å². The number of rotatable bonds is 5. The van der Waals surface area contributed by atoms with Gasteiger partial charge in [-0.15, -0.1) is 0 Å². The minimum absolute atomic E-state index is 0.000577. The number of carbonyl (C=O) groups is 2. The second-order valence-corrected chi connectivity index (χ2v) is 5.38. The number of ether oxygens (including phenoxy) is 2. The van der Waals surface area contributed by atoms with Crippen molar-refractivity contribution in [2.45, 2.75) is 52.2 Å². The Kier molecular flexibility index (Phi) is 5.57. The molecule has 0 aromatic carbocycles. The highest BCUT2D eigenvalue weighted by atomic mass is 16.6. The van der Waals surface area contributed by atoms with Gasteiger partial charge in [-0.05, 0) is 34.6 Å². The van der Waals surface area contributed by atoms with Crippen LogP contribution in [0.5, 0.6) is 0 Å². The standard InChI is InChI=1S/C11H22N2O4/c1-10(2,3)16-8(14)6-11(4,5)17-9(15)7-13-12/h13H,6-7,12H2,1-5H3. The van der Waals surface area contributed by atoms with E-state index in [4.69, 9.17) is 15.3 Å². The number of esters is 2. The van der Waals surface area contributed by atoms with Crippen LogP contribution < -0.4 is 11.3 Å². The average molecular weight is 246 g/mol. The molecule has 0 bridgehead atoms. The van der Waals surface area contributed by atoms with Crippen LogP contribution in [-0.4, -0.2) is 29.7 Å². The van der Waals surface area contributed by atoms with Crippen molar-refractivity contribution in [3.63, 3.8) is 0 Å². The van der Waals surface area contributed by atoms with Gasteiger partial charge in [0.25, 0.3) is 0 Å². The molecule has 0 saturated heterocycles. The molecule has 17 heavy (non-hydrogen) atoms. The first-order valence-corrected chi connectivity index (χ1v) is 5.43. The van der Waals surface area contributed by atoms with E-state index in [0.717, 1.165) is 0 Å². The lowest BCUT2D eigenvalue weighted by atomic mass is 10.1. The summed E-state index contributed by atoms with van der Waals surface area (Å²) in [4.78, 5) is 22.8. The normalized spacial score (nSPS) is 12.1. The van der Waals surface area contributed by atoms with Gasteiger partial charge in [0, 0.05) is 0 Å². The topological polar surface area (TPSA) is 90.6 Å². The number of nitrogens with one attached hydrogen (secondary N) is 1. The highest BCUT2D eigenvalue weighted by Crippen LogP contribution is 2.18. The summed E-state index contributed by atoms with van der Waals surface area (Å²) in [6.07, 6.45) is 0.000577. The first-order valence-electron chi connectivity index (χ1n) is 5.43. The summed E-state index contributed by atoms with van der Waals surface area (Å²) in [5, 5.41) is 0. The zero-order chi connectivity index (χ0) is 13.7. The maximum absolute atomic E-state index is 11.6. The largest absolute Gasteiger partial charge is 0.460 e. The number of carbonyl (C=O) groups excluding carboxylic acids is 2. The highest BCUT2D eigenvalue weighted by molar-refractivity contribution is 5.74. The van der Waals surface area contributed by atoms with Crippen molar-refractivity contribution in [3.05, 3.63) is 0 Å². The molecule has 0 saturated carbocycles. The van der Waals surface area contributed by atoms with Crippen LogP contribution in [0.1, 0.15) is 41.0 Å². The Balaban J connectivity index is 4.25. The van der Waals surface area contributed by atoms with Gasteiger partial charge in [-0.25, -0.2) is 5.43 Å². The fourth-order valence-corrected chi connectivity index (χ4v) is 1.19. The molecule has 3 N–H and O–H groups in total. The van der Waals surface area contributed by atoms with Gasteiger partial charge < -0.3 is 9.47 Å². The maximum Gasteiger partial charge on any atom is 0.321 e. The minimum Gasteiger partial charge on any atom is -0.460 e. The van der Waals surface area contributed by atoms with E-state index in [1.807, 2.05) is 0 Å². The Morgan fingerprint density at radius 1 is 1.06 bits per heavy atom. The van der Waals surface area contributed by atoms with Crippen LogP contribution in [0.3, 0.4) is 0 Å². The predicted octanol–water partition coefficient (Wildman–Crippen LogP) is 0.503. The fourth-order valence-electron chi connectivity index (χ4n) is 1.19. The van der Waals surface area contributed by atoms with E-state index < -0.39 is 23.1 Å². The SMILES string of the molecule is CC(C)(C)OC(=O)CC(C)(C)OC(=O)CNN. The summed E-state index contributed by atoms with van der Waals surface area (Å²) >= 11 is 0. The number of hydrazine groups is 1. The summed E-state index contributed by atoms with van der Waals surface area (Å²) in [6.45, 7) is 8.53. The molecule has 0 atom stereocenters. The van der Waals surface area contributed by atoms with Gasteiger partial charge >= 0.3 is 11.9 Å². The molecule has 0 heterocycles. The second-order valence-electron chi connectivity index (χ2n) is 5.38. The third-order valence-electron chi connectivity index (χ3n) is 1.63. The van der Waals surface area contributed by atoms with E-state index in [1.54, 1.807) is 34.6 Å². The molecule has 0 aromatic rings. The molecule has 0 spiro atoms. The van der Waals surface area contributed by atoms with E-state index in [2.05, 4.69) is 5.43 Å². The van der Waals surface area contributed by atoms with Crippen LogP contribution in [0, 0.1) is 0 Å². The molecule has 0 amide bonds. The zero-order valence-electron chi connectivity index (χ0n) is 11.1. The average Bonchev–Trinajstić information content (AvgIpc) is 1.96. The Bertz CT molecular complexity index is 282. The van der Waals surface area contributed by atoms with Crippen molar-refractivity contribution < 1.29 is 19.1 Å². The van der Waals surface area contributed by atoms with Gasteiger partial charge in [0.2, 0.25) is 0 Å². The Labute approximate surface area is 102 Å². The van der Waals surface area contributed by atoms with Gasteiger partial charge in [0.15, 0.2) is 0 Å². The van der Waals surface area contributed by atoms with Crippen molar-refractivity contribution in [3.8, 4) is 0 Å². The zero-order valence-corrected chi connectivity index (χ0v) is 11.1. The molecular weight excluding hydrogens is 224 g/mol. The Morgan fingerprint density at radius 2 is 1.59 bits per heavy atom. The quantitative estimate of drug-likeness (QED) is 0.417. The highest BCUT2D eigenvalue weighted by Gasteiger charge is 2.29. The first-order chi connectivity index (χ1) is 7.56. The Hall–Kier alpha value is -1.14. The van der Waals surface area contributed by atoms with Crippen molar-refractivity contribution >= 4 is 11.9 Å². The van der Waals surface area contributed by atoms with E-state index in [9.17, 15) is 9.59 Å². The first kappa shape index (κ1) is 15.9. The summed E-state index contributed by atoms with van der Waals surface area (Å²) in [6, 6.07) is 0. The summed E-state index contributed by atoms with van der Waals surface area (Å²) in [7, 11) is 0. The molecule has 6 heteroatoms. The van der Waals surface area contributed by atoms with Crippen LogP contribution in [0.25, 0.3) is 0 Å². The lowest BCUT2D eigenvalue weighted by Gasteiger charge is -2.26. The molecule has 0 aliphatic heterocycles. The van der Waals surface area contributed by atoms with Crippen molar-refractivity contribution in [1.82, 2.24) is 5.43 Å². The molecule has 6 nitrogen and oxygen atoms in total. The minimum atomic E-state index is -0.906. The van der Waals surface area contributed by atoms with Gasteiger partial charge in [-0.1, -0.05) is 0 Å². The molecule has 0 fully saturated rings. The molecule has 100 valence electrons. The van der Waals surface area contributed by atoms with E-state index in [1.165, 1.54) is 0 Å². The molecule has 0 radical (unpaired) electrons.